The van der Waals surface area contributed by atoms with Gasteiger partial charge in [0.1, 0.15) is 11.2 Å². The quantitative estimate of drug-likeness (QED) is 0.166. The topological polar surface area (TPSA) is 16.4 Å². The average molecular weight is 690 g/mol. The summed E-state index contributed by atoms with van der Waals surface area (Å²) in [6.07, 6.45) is 0. The van der Waals surface area contributed by atoms with Crippen molar-refractivity contribution in [1.82, 2.24) is 0 Å². The molecular formula is C52H35NO. The Morgan fingerprint density at radius 2 is 0.796 bits per heavy atom. The van der Waals surface area contributed by atoms with E-state index in [0.29, 0.717) is 0 Å². The van der Waals surface area contributed by atoms with Gasteiger partial charge in [-0.1, -0.05) is 164 Å². The van der Waals surface area contributed by atoms with E-state index < -0.39 is 0 Å². The predicted octanol–water partition coefficient (Wildman–Crippen LogP) is 14.9. The lowest BCUT2D eigenvalue weighted by atomic mass is 9.93. The van der Waals surface area contributed by atoms with Gasteiger partial charge >= 0.3 is 0 Å². The first-order valence-electron chi connectivity index (χ1n) is 18.4. The van der Waals surface area contributed by atoms with E-state index in [2.05, 4.69) is 217 Å². The molecule has 0 fully saturated rings. The van der Waals surface area contributed by atoms with Gasteiger partial charge in [0.05, 0.1) is 11.4 Å². The molecule has 0 bridgehead atoms. The van der Waals surface area contributed by atoms with Crippen molar-refractivity contribution in [3.63, 3.8) is 0 Å². The van der Waals surface area contributed by atoms with Crippen LogP contribution in [0.25, 0.3) is 77.2 Å². The summed E-state index contributed by atoms with van der Waals surface area (Å²) in [4.78, 5) is 2.43. The predicted molar refractivity (Wildman–Crippen MR) is 228 cm³/mol. The van der Waals surface area contributed by atoms with Gasteiger partial charge in [0, 0.05) is 27.6 Å². The van der Waals surface area contributed by atoms with Crippen LogP contribution in [0.5, 0.6) is 0 Å². The summed E-state index contributed by atoms with van der Waals surface area (Å²) in [5.41, 5.74) is 14.4. The van der Waals surface area contributed by atoms with E-state index in [9.17, 15) is 0 Å². The average Bonchev–Trinajstić information content (AvgIpc) is 3.60. The Labute approximate surface area is 314 Å². The third-order valence-corrected chi connectivity index (χ3v) is 10.5. The van der Waals surface area contributed by atoms with E-state index in [1.165, 1.54) is 38.6 Å². The van der Waals surface area contributed by atoms with Crippen LogP contribution in [0.2, 0.25) is 0 Å². The van der Waals surface area contributed by atoms with Crippen LogP contribution in [0.15, 0.2) is 217 Å². The fraction of sp³-hybridized carbons (Fsp3) is 0. The normalized spacial score (nSPS) is 11.3. The van der Waals surface area contributed by atoms with Crippen molar-refractivity contribution in [2.24, 2.45) is 0 Å². The number of furan rings is 1. The molecule has 254 valence electrons. The van der Waals surface area contributed by atoms with Gasteiger partial charge in [-0.2, -0.15) is 0 Å². The molecule has 0 radical (unpaired) electrons. The highest BCUT2D eigenvalue weighted by atomic mass is 16.3. The largest absolute Gasteiger partial charge is 0.456 e. The number of benzene rings is 9. The molecule has 0 unspecified atom stereocenters. The van der Waals surface area contributed by atoms with E-state index in [-0.39, 0.29) is 0 Å². The van der Waals surface area contributed by atoms with Gasteiger partial charge in [0.2, 0.25) is 0 Å². The standard InChI is InChI=1S/C52H35NO/c1-4-16-36(17-5-1)43-30-29-42(35-46(43)38-20-8-3-9-21-38)53(49-26-14-12-24-44(49)37-18-6-2-7-19-37)50-27-15-13-25-45(50)41-28-31-51-47(33-41)48-32-39-22-10-11-23-40(39)34-52(48)54-51/h1-35H. The lowest BCUT2D eigenvalue weighted by Crippen LogP contribution is -2.12. The highest BCUT2D eigenvalue weighted by molar-refractivity contribution is 6.11. The highest BCUT2D eigenvalue weighted by Crippen LogP contribution is 2.47. The fourth-order valence-electron chi connectivity index (χ4n) is 7.88. The Morgan fingerprint density at radius 3 is 1.44 bits per heavy atom. The summed E-state index contributed by atoms with van der Waals surface area (Å²) in [5.74, 6) is 0. The molecular weight excluding hydrogens is 655 g/mol. The van der Waals surface area contributed by atoms with E-state index >= 15 is 0 Å². The van der Waals surface area contributed by atoms with Crippen molar-refractivity contribution in [1.29, 1.82) is 0 Å². The maximum atomic E-state index is 6.42. The molecule has 2 nitrogen and oxygen atoms in total. The Hall–Kier alpha value is -7.16. The molecule has 0 atom stereocenters. The first-order valence-corrected chi connectivity index (χ1v) is 18.4. The summed E-state index contributed by atoms with van der Waals surface area (Å²) < 4.78 is 6.42. The molecule has 0 spiro atoms. The van der Waals surface area contributed by atoms with Gasteiger partial charge in [-0.25, -0.2) is 0 Å². The first-order chi connectivity index (χ1) is 26.8. The van der Waals surface area contributed by atoms with Crippen LogP contribution in [0, 0.1) is 0 Å². The van der Waals surface area contributed by atoms with Gasteiger partial charge in [0.25, 0.3) is 0 Å². The van der Waals surface area contributed by atoms with E-state index in [4.69, 9.17) is 4.42 Å². The molecule has 2 heteroatoms. The minimum Gasteiger partial charge on any atom is -0.456 e. The van der Waals surface area contributed by atoms with Crippen molar-refractivity contribution in [2.75, 3.05) is 4.90 Å². The highest BCUT2D eigenvalue weighted by Gasteiger charge is 2.22. The SMILES string of the molecule is c1ccc(-c2ccc(N(c3ccccc3-c3ccccc3)c3ccccc3-c3ccc4oc5cc6ccccc6cc5c4c3)cc2-c2ccccc2)cc1. The summed E-state index contributed by atoms with van der Waals surface area (Å²) >= 11 is 0. The van der Waals surface area contributed by atoms with Crippen molar-refractivity contribution in [3.8, 4) is 44.5 Å². The molecule has 0 amide bonds. The zero-order chi connectivity index (χ0) is 35.8. The van der Waals surface area contributed by atoms with Crippen LogP contribution in [-0.4, -0.2) is 0 Å². The molecule has 0 saturated carbocycles. The number of anilines is 3. The summed E-state index contributed by atoms with van der Waals surface area (Å²) in [5, 5.41) is 4.61. The number of fused-ring (bicyclic) bond motifs is 4. The molecule has 0 aliphatic rings. The number of nitrogens with zero attached hydrogens (tertiary/aromatic N) is 1. The Balaban J connectivity index is 1.22. The molecule has 54 heavy (non-hydrogen) atoms. The maximum Gasteiger partial charge on any atom is 0.136 e. The van der Waals surface area contributed by atoms with Crippen molar-refractivity contribution in [3.05, 3.63) is 212 Å². The Bertz CT molecular complexity index is 2930. The molecule has 0 aliphatic heterocycles. The smallest absolute Gasteiger partial charge is 0.136 e. The first kappa shape index (κ1) is 31.6. The number of rotatable bonds is 7. The van der Waals surface area contributed by atoms with Crippen LogP contribution < -0.4 is 4.90 Å². The van der Waals surface area contributed by atoms with Gasteiger partial charge in [-0.05, 0) is 92.7 Å². The molecule has 0 aliphatic carbocycles. The minimum atomic E-state index is 0.886. The molecule has 1 heterocycles. The van der Waals surface area contributed by atoms with E-state index in [0.717, 1.165) is 55.7 Å². The molecule has 9 aromatic carbocycles. The van der Waals surface area contributed by atoms with Crippen LogP contribution >= 0.6 is 0 Å². The van der Waals surface area contributed by atoms with Crippen LogP contribution in [-0.2, 0) is 0 Å². The number of hydrogen-bond donors (Lipinski definition) is 0. The van der Waals surface area contributed by atoms with Gasteiger partial charge in [-0.3, -0.25) is 0 Å². The second-order valence-corrected chi connectivity index (χ2v) is 13.7. The third kappa shape index (κ3) is 5.62. The zero-order valence-corrected chi connectivity index (χ0v) is 29.6. The van der Waals surface area contributed by atoms with E-state index in [1.54, 1.807) is 0 Å². The van der Waals surface area contributed by atoms with Crippen molar-refractivity contribution >= 4 is 49.8 Å². The van der Waals surface area contributed by atoms with Crippen molar-refractivity contribution in [2.45, 2.75) is 0 Å². The number of para-hydroxylation sites is 2. The van der Waals surface area contributed by atoms with Crippen molar-refractivity contribution < 1.29 is 4.42 Å². The summed E-state index contributed by atoms with van der Waals surface area (Å²) in [6, 6.07) is 76.0. The summed E-state index contributed by atoms with van der Waals surface area (Å²) in [7, 11) is 0. The van der Waals surface area contributed by atoms with Crippen LogP contribution in [0.1, 0.15) is 0 Å². The fourth-order valence-corrected chi connectivity index (χ4v) is 7.88. The monoisotopic (exact) mass is 689 g/mol. The van der Waals surface area contributed by atoms with Gasteiger partial charge in [0.15, 0.2) is 0 Å². The van der Waals surface area contributed by atoms with Gasteiger partial charge in [-0.15, -0.1) is 0 Å². The molecule has 0 N–H and O–H groups in total. The Morgan fingerprint density at radius 1 is 0.296 bits per heavy atom. The zero-order valence-electron chi connectivity index (χ0n) is 29.6. The molecule has 10 rings (SSSR count). The molecule has 0 saturated heterocycles. The van der Waals surface area contributed by atoms with Gasteiger partial charge < -0.3 is 9.32 Å². The number of hydrogen-bond acceptors (Lipinski definition) is 2. The van der Waals surface area contributed by atoms with Crippen LogP contribution in [0.3, 0.4) is 0 Å². The molecule has 10 aromatic rings. The second-order valence-electron chi connectivity index (χ2n) is 13.7. The molecule has 1 aromatic heterocycles. The third-order valence-electron chi connectivity index (χ3n) is 10.5. The lowest BCUT2D eigenvalue weighted by molar-refractivity contribution is 0.669. The lowest BCUT2D eigenvalue weighted by Gasteiger charge is -2.30. The minimum absolute atomic E-state index is 0.886. The summed E-state index contributed by atoms with van der Waals surface area (Å²) in [6.45, 7) is 0. The Kier molecular flexibility index (Phi) is 7.85. The maximum absolute atomic E-state index is 6.42. The van der Waals surface area contributed by atoms with Crippen LogP contribution in [0.4, 0.5) is 17.1 Å². The second kappa shape index (κ2) is 13.4. The van der Waals surface area contributed by atoms with E-state index in [1.807, 2.05) is 0 Å².